The van der Waals surface area contributed by atoms with Gasteiger partial charge in [0, 0.05) is 23.6 Å². The summed E-state index contributed by atoms with van der Waals surface area (Å²) in [6.07, 6.45) is 6.57. The van der Waals surface area contributed by atoms with E-state index >= 15 is 0 Å². The Bertz CT molecular complexity index is 1500. The van der Waals surface area contributed by atoms with Crippen molar-refractivity contribution in [1.82, 2.24) is 20.4 Å². The maximum absolute atomic E-state index is 13.1. The number of carboxylic acid groups (broad SMARTS) is 1. The second kappa shape index (κ2) is 11.0. The van der Waals surface area contributed by atoms with Gasteiger partial charge in [-0.05, 0) is 19.1 Å². The molecule has 0 bridgehead atoms. The van der Waals surface area contributed by atoms with E-state index in [0.29, 0.717) is 16.9 Å². The summed E-state index contributed by atoms with van der Waals surface area (Å²) in [5.41, 5.74) is 1.11. The lowest BCUT2D eigenvalue weighted by Crippen LogP contribution is -2.71. The molecular weight excluding hydrogens is 532 g/mol. The third-order valence-corrected chi connectivity index (χ3v) is 7.31. The molecule has 39 heavy (non-hydrogen) atoms. The van der Waals surface area contributed by atoms with Crippen LogP contribution in [0.5, 0.6) is 0 Å². The molecule has 0 aliphatic carbocycles. The van der Waals surface area contributed by atoms with Gasteiger partial charge in [0.2, 0.25) is 6.61 Å². The number of hydrogen-bond donors (Lipinski definition) is 3. The van der Waals surface area contributed by atoms with E-state index in [1.165, 1.54) is 28.9 Å². The first-order valence-corrected chi connectivity index (χ1v) is 12.8. The molecule has 2 aliphatic heterocycles. The van der Waals surface area contributed by atoms with Crippen molar-refractivity contribution in [2.24, 2.45) is 5.16 Å². The monoisotopic (exact) mass is 555 g/mol. The highest BCUT2D eigenvalue weighted by Crippen LogP contribution is 2.40. The number of ether oxygens (including phenoxy) is 1. The van der Waals surface area contributed by atoms with Gasteiger partial charge in [-0.25, -0.2) is 14.2 Å². The molecule has 15 heteroatoms. The Morgan fingerprint density at radius 1 is 1.36 bits per heavy atom. The Morgan fingerprint density at radius 2 is 2.21 bits per heavy atom. The Kier molecular flexibility index (Phi) is 7.31. The fraction of sp³-hybridized carbons (Fsp3) is 0.292. The summed E-state index contributed by atoms with van der Waals surface area (Å²) in [6.45, 7) is 1.54. The number of carbonyl (C=O) groups is 4. The third kappa shape index (κ3) is 5.20. The number of H-pyrrole nitrogens is 1. The summed E-state index contributed by atoms with van der Waals surface area (Å²) >= 11 is 1.34. The molecule has 3 aromatic rings. The van der Waals surface area contributed by atoms with Crippen LogP contribution in [0.25, 0.3) is 11.0 Å². The molecule has 2 aliphatic rings. The molecule has 0 spiro atoms. The van der Waals surface area contributed by atoms with E-state index in [9.17, 15) is 24.3 Å². The summed E-state index contributed by atoms with van der Waals surface area (Å²) in [4.78, 5) is 56.1. The molecular formula is C24H23N6O8S+. The first-order chi connectivity index (χ1) is 18.9. The zero-order chi connectivity index (χ0) is 27.5. The van der Waals surface area contributed by atoms with Gasteiger partial charge < -0.3 is 24.4 Å². The number of β-lactam (4-membered cyclic amide) rings is 1. The minimum absolute atomic E-state index is 0.103. The number of nitrogens with zero attached hydrogens (tertiary/aromatic N) is 4. The smallest absolute Gasteiger partial charge is 0.352 e. The summed E-state index contributed by atoms with van der Waals surface area (Å²) in [6, 6.07) is 4.06. The number of pyridine rings is 1. The standard InChI is InChI=1S/C24H22N6O8S/c1-2-36-17(31)11-38-28-18(15-3-6-25-27-15)21(32)26-19-22(33)30-20(24(34)35)14(12-39-23(19)30)10-29-7-4-16-13(9-29)5-8-37-16/h3-9,19,23H,2,10-12H2,1H3,(H2-,25,26,27,28,32,34,35)/p+1/t19?,23-/m1/s1. The highest BCUT2D eigenvalue weighted by Gasteiger charge is 2.54. The van der Waals surface area contributed by atoms with Crippen molar-refractivity contribution in [3.05, 3.63) is 60.0 Å². The topological polar surface area (TPSA) is 180 Å². The van der Waals surface area contributed by atoms with Gasteiger partial charge >= 0.3 is 11.9 Å². The average Bonchev–Trinajstić information content (AvgIpc) is 3.61. The molecule has 3 N–H and O–H groups in total. The van der Waals surface area contributed by atoms with Crippen LogP contribution in [-0.4, -0.2) is 80.1 Å². The van der Waals surface area contributed by atoms with E-state index in [4.69, 9.17) is 14.0 Å². The largest absolute Gasteiger partial charge is 0.477 e. The van der Waals surface area contributed by atoms with Crippen molar-refractivity contribution >= 4 is 52.2 Å². The molecule has 3 aromatic heterocycles. The van der Waals surface area contributed by atoms with E-state index in [2.05, 4.69) is 20.7 Å². The number of aromatic amines is 1. The van der Waals surface area contributed by atoms with Crippen LogP contribution in [-0.2, 0) is 35.3 Å². The number of rotatable bonds is 10. The molecule has 1 fully saturated rings. The van der Waals surface area contributed by atoms with Crippen LogP contribution in [0.2, 0.25) is 0 Å². The van der Waals surface area contributed by atoms with Gasteiger partial charge in [-0.15, -0.1) is 11.8 Å². The lowest BCUT2D eigenvalue weighted by atomic mass is 10.0. The van der Waals surface area contributed by atoms with Gasteiger partial charge in [-0.3, -0.25) is 19.6 Å². The zero-order valence-electron chi connectivity index (χ0n) is 20.5. The van der Waals surface area contributed by atoms with Crippen molar-refractivity contribution in [1.29, 1.82) is 0 Å². The van der Waals surface area contributed by atoms with Crippen LogP contribution < -0.4 is 9.88 Å². The van der Waals surface area contributed by atoms with Crippen molar-refractivity contribution in [2.45, 2.75) is 24.9 Å². The highest BCUT2D eigenvalue weighted by atomic mass is 32.2. The van der Waals surface area contributed by atoms with Crippen LogP contribution in [0.4, 0.5) is 0 Å². The quantitative estimate of drug-likeness (QED) is 0.103. The average molecular weight is 556 g/mol. The molecule has 14 nitrogen and oxygen atoms in total. The summed E-state index contributed by atoms with van der Waals surface area (Å²) in [5.74, 6) is -2.89. The lowest BCUT2D eigenvalue weighted by Gasteiger charge is -2.49. The summed E-state index contributed by atoms with van der Waals surface area (Å²) in [7, 11) is 0. The Hall–Kier alpha value is -4.66. The number of carboxylic acids is 1. The number of amides is 2. The lowest BCUT2D eigenvalue weighted by molar-refractivity contribution is -0.687. The minimum atomic E-state index is -1.23. The summed E-state index contributed by atoms with van der Waals surface area (Å²) < 4.78 is 11.9. The van der Waals surface area contributed by atoms with Crippen molar-refractivity contribution < 1.29 is 42.8 Å². The van der Waals surface area contributed by atoms with Gasteiger partial charge in [0.25, 0.3) is 11.8 Å². The third-order valence-electron chi connectivity index (χ3n) is 5.97. The number of oxime groups is 1. The molecule has 202 valence electrons. The first kappa shape index (κ1) is 26.0. The Balaban J connectivity index is 1.31. The number of fused-ring (bicyclic) bond motifs is 2. The van der Waals surface area contributed by atoms with Gasteiger partial charge in [0.15, 0.2) is 24.7 Å². The number of aliphatic carboxylic acids is 1. The Morgan fingerprint density at radius 3 is 2.95 bits per heavy atom. The van der Waals surface area contributed by atoms with Crippen molar-refractivity contribution in [3.8, 4) is 0 Å². The van der Waals surface area contributed by atoms with E-state index < -0.39 is 41.8 Å². The van der Waals surface area contributed by atoms with Crippen LogP contribution in [0, 0.1) is 0 Å². The zero-order valence-corrected chi connectivity index (χ0v) is 21.3. The molecule has 5 heterocycles. The van der Waals surface area contributed by atoms with E-state index in [0.717, 1.165) is 5.39 Å². The minimum Gasteiger partial charge on any atom is -0.477 e. The maximum Gasteiger partial charge on any atom is 0.352 e. The number of esters is 1. The van der Waals surface area contributed by atoms with Crippen LogP contribution >= 0.6 is 11.8 Å². The normalized spacial score (nSPS) is 18.9. The van der Waals surface area contributed by atoms with Crippen molar-refractivity contribution in [3.63, 3.8) is 0 Å². The van der Waals surface area contributed by atoms with Crippen LogP contribution in [0.15, 0.2) is 63.9 Å². The molecule has 0 aromatic carbocycles. The molecule has 5 rings (SSSR count). The SMILES string of the molecule is CCOC(=O)CO/N=C(/C(=O)NC1C(=O)N2C(C(=O)O)=C(C[n+]3ccc4occc4c3)CS[C@H]12)c1ccn[nH]1. The number of aromatic nitrogens is 3. The van der Waals surface area contributed by atoms with Gasteiger partial charge in [0.1, 0.15) is 22.7 Å². The van der Waals surface area contributed by atoms with E-state index in [1.54, 1.807) is 31.5 Å². The summed E-state index contributed by atoms with van der Waals surface area (Å²) in [5, 5.41) is 22.9. The molecule has 2 amide bonds. The molecule has 1 unspecified atom stereocenters. The second-order valence-electron chi connectivity index (χ2n) is 8.46. The maximum atomic E-state index is 13.1. The fourth-order valence-corrected chi connectivity index (χ4v) is 5.58. The van der Waals surface area contributed by atoms with Gasteiger partial charge in [-0.2, -0.15) is 5.10 Å². The number of furan rings is 1. The Labute approximate surface area is 224 Å². The molecule has 0 saturated carbocycles. The number of carbonyl (C=O) groups excluding carboxylic acids is 3. The molecule has 1 saturated heterocycles. The van der Waals surface area contributed by atoms with Crippen LogP contribution in [0.1, 0.15) is 12.6 Å². The van der Waals surface area contributed by atoms with Gasteiger partial charge in [-0.1, -0.05) is 5.16 Å². The van der Waals surface area contributed by atoms with Crippen LogP contribution in [0.3, 0.4) is 0 Å². The highest BCUT2D eigenvalue weighted by molar-refractivity contribution is 8.00. The molecule has 0 radical (unpaired) electrons. The van der Waals surface area contributed by atoms with Crippen molar-refractivity contribution in [2.75, 3.05) is 19.0 Å². The predicted octanol–water partition coefficient (Wildman–Crippen LogP) is 0.166. The predicted molar refractivity (Wildman–Crippen MR) is 134 cm³/mol. The number of thioether (sulfide) groups is 1. The van der Waals surface area contributed by atoms with E-state index in [-0.39, 0.29) is 30.3 Å². The second-order valence-corrected chi connectivity index (χ2v) is 9.57. The first-order valence-electron chi connectivity index (χ1n) is 11.8. The molecule has 2 atom stereocenters. The number of nitrogens with one attached hydrogen (secondary N) is 2. The number of hydrogen-bond acceptors (Lipinski definition) is 10. The fourth-order valence-electron chi connectivity index (χ4n) is 4.24. The van der Waals surface area contributed by atoms with Gasteiger partial charge in [0.05, 0.1) is 24.0 Å². The van der Waals surface area contributed by atoms with E-state index in [1.807, 2.05) is 10.8 Å².